The van der Waals surface area contributed by atoms with Crippen LogP contribution >= 0.6 is 0 Å². The van der Waals surface area contributed by atoms with E-state index in [0.29, 0.717) is 0 Å². The molecule has 1 nitrogen and oxygen atoms in total. The second-order valence-corrected chi connectivity index (χ2v) is 6.92. The van der Waals surface area contributed by atoms with Gasteiger partial charge in [0.1, 0.15) is 7.05 Å². The maximum atomic E-state index is 2.35. The van der Waals surface area contributed by atoms with Gasteiger partial charge in [0, 0.05) is 17.2 Å². The van der Waals surface area contributed by atoms with E-state index in [1.165, 1.54) is 33.5 Å². The summed E-state index contributed by atoms with van der Waals surface area (Å²) in [5.74, 6) is 0. The standard InChI is InChI=1S/C19H26N/c1-13-8-9-16(19(4,5)6)11-17(13)18-10-14(2)15(3)12-20(18)7/h8-12H,1-7H3/q+1. The second kappa shape index (κ2) is 5.05. The summed E-state index contributed by atoms with van der Waals surface area (Å²) in [6.07, 6.45) is 2.22. The molecule has 106 valence electrons. The van der Waals surface area contributed by atoms with E-state index < -0.39 is 0 Å². The summed E-state index contributed by atoms with van der Waals surface area (Å²) in [6, 6.07) is 9.13. The lowest BCUT2D eigenvalue weighted by molar-refractivity contribution is -0.660. The fraction of sp³-hybridized carbons (Fsp3) is 0.421. The van der Waals surface area contributed by atoms with Gasteiger partial charge in [-0.25, -0.2) is 4.57 Å². The van der Waals surface area contributed by atoms with Crippen molar-refractivity contribution in [3.8, 4) is 11.3 Å². The van der Waals surface area contributed by atoms with Gasteiger partial charge in [-0.2, -0.15) is 0 Å². The quantitative estimate of drug-likeness (QED) is 0.675. The first-order valence-electron chi connectivity index (χ1n) is 7.28. The van der Waals surface area contributed by atoms with Crippen molar-refractivity contribution in [2.75, 3.05) is 0 Å². The summed E-state index contributed by atoms with van der Waals surface area (Å²) in [7, 11) is 2.13. The Balaban J connectivity index is 2.66. The molecule has 1 aromatic carbocycles. The van der Waals surface area contributed by atoms with Crippen LogP contribution in [0.2, 0.25) is 0 Å². The van der Waals surface area contributed by atoms with Gasteiger partial charge in [0.05, 0.1) is 0 Å². The van der Waals surface area contributed by atoms with Crippen LogP contribution in [0.3, 0.4) is 0 Å². The van der Waals surface area contributed by atoms with Crippen LogP contribution in [-0.2, 0) is 12.5 Å². The lowest BCUT2D eigenvalue weighted by Gasteiger charge is -2.20. The average molecular weight is 268 g/mol. The molecule has 2 rings (SSSR count). The first-order chi connectivity index (χ1) is 9.20. The zero-order valence-corrected chi connectivity index (χ0v) is 13.8. The van der Waals surface area contributed by atoms with Crippen molar-refractivity contribution in [3.05, 3.63) is 52.7 Å². The van der Waals surface area contributed by atoms with Crippen LogP contribution in [-0.4, -0.2) is 0 Å². The number of pyridine rings is 1. The van der Waals surface area contributed by atoms with Gasteiger partial charge in [0.25, 0.3) is 0 Å². The van der Waals surface area contributed by atoms with E-state index in [9.17, 15) is 0 Å². The number of nitrogens with zero attached hydrogens (tertiary/aromatic N) is 1. The van der Waals surface area contributed by atoms with E-state index in [2.05, 4.69) is 83.6 Å². The second-order valence-electron chi connectivity index (χ2n) is 6.92. The molecule has 0 spiro atoms. The molecule has 0 radical (unpaired) electrons. The first kappa shape index (κ1) is 14.8. The van der Waals surface area contributed by atoms with Crippen LogP contribution in [0.25, 0.3) is 11.3 Å². The maximum Gasteiger partial charge on any atom is 0.212 e. The van der Waals surface area contributed by atoms with Crippen molar-refractivity contribution in [2.24, 2.45) is 7.05 Å². The number of hydrogen-bond donors (Lipinski definition) is 0. The van der Waals surface area contributed by atoms with Crippen LogP contribution in [0, 0.1) is 20.8 Å². The van der Waals surface area contributed by atoms with Gasteiger partial charge in [-0.3, -0.25) is 0 Å². The largest absolute Gasteiger partial charge is 0.212 e. The van der Waals surface area contributed by atoms with E-state index in [1.54, 1.807) is 0 Å². The van der Waals surface area contributed by atoms with Gasteiger partial charge < -0.3 is 0 Å². The highest BCUT2D eigenvalue weighted by atomic mass is 14.9. The van der Waals surface area contributed by atoms with E-state index in [1.807, 2.05) is 0 Å². The smallest absolute Gasteiger partial charge is 0.201 e. The van der Waals surface area contributed by atoms with Crippen LogP contribution < -0.4 is 4.57 Å². The fourth-order valence-electron chi connectivity index (χ4n) is 2.51. The SMILES string of the molecule is Cc1cc(-c2cc(C(C)(C)C)ccc2C)[n+](C)cc1C. The van der Waals surface area contributed by atoms with E-state index >= 15 is 0 Å². The third-order valence-electron chi connectivity index (χ3n) is 4.12. The highest BCUT2D eigenvalue weighted by molar-refractivity contribution is 5.63. The Kier molecular flexibility index (Phi) is 3.73. The van der Waals surface area contributed by atoms with Gasteiger partial charge in [-0.05, 0) is 48.9 Å². The van der Waals surface area contributed by atoms with E-state index in [-0.39, 0.29) is 5.41 Å². The molecule has 2 aromatic rings. The summed E-state index contributed by atoms with van der Waals surface area (Å²) in [5.41, 5.74) is 8.20. The third-order valence-corrected chi connectivity index (χ3v) is 4.12. The molecule has 1 heterocycles. The Morgan fingerprint density at radius 3 is 2.10 bits per heavy atom. The Labute approximate surface area is 123 Å². The minimum absolute atomic E-state index is 0.181. The molecule has 0 atom stereocenters. The van der Waals surface area contributed by atoms with Gasteiger partial charge >= 0.3 is 0 Å². The van der Waals surface area contributed by atoms with Crippen LogP contribution in [0.1, 0.15) is 43.0 Å². The Morgan fingerprint density at radius 1 is 0.850 bits per heavy atom. The van der Waals surface area contributed by atoms with Gasteiger partial charge in [0.15, 0.2) is 6.20 Å². The summed E-state index contributed by atoms with van der Waals surface area (Å²) in [6.45, 7) is 13.3. The molecule has 20 heavy (non-hydrogen) atoms. The van der Waals surface area contributed by atoms with Gasteiger partial charge in [-0.15, -0.1) is 0 Å². The molecule has 0 bridgehead atoms. The van der Waals surface area contributed by atoms with Gasteiger partial charge in [0.2, 0.25) is 5.69 Å². The topological polar surface area (TPSA) is 3.88 Å². The Hall–Kier alpha value is -1.63. The number of hydrogen-bond acceptors (Lipinski definition) is 0. The molecule has 0 amide bonds. The molecule has 0 aliphatic heterocycles. The van der Waals surface area contributed by atoms with Crippen molar-refractivity contribution < 1.29 is 4.57 Å². The minimum atomic E-state index is 0.181. The molecule has 0 unspecified atom stereocenters. The zero-order valence-electron chi connectivity index (χ0n) is 13.8. The van der Waals surface area contributed by atoms with Crippen LogP contribution in [0.4, 0.5) is 0 Å². The lowest BCUT2D eigenvalue weighted by Crippen LogP contribution is -2.31. The lowest BCUT2D eigenvalue weighted by atomic mass is 9.84. The highest BCUT2D eigenvalue weighted by Gasteiger charge is 2.19. The minimum Gasteiger partial charge on any atom is -0.201 e. The number of rotatable bonds is 1. The summed E-state index contributed by atoms with van der Waals surface area (Å²) < 4.78 is 2.23. The van der Waals surface area contributed by atoms with E-state index in [0.717, 1.165) is 0 Å². The molecule has 0 saturated heterocycles. The molecule has 0 aliphatic carbocycles. The van der Waals surface area contributed by atoms with Gasteiger partial charge in [-0.1, -0.05) is 32.9 Å². The molecule has 0 aliphatic rings. The van der Waals surface area contributed by atoms with Crippen molar-refractivity contribution in [1.29, 1.82) is 0 Å². The zero-order chi connectivity index (χ0) is 15.1. The van der Waals surface area contributed by atoms with Crippen LogP contribution in [0.15, 0.2) is 30.5 Å². The molecular formula is C19H26N+. The predicted octanol–water partition coefficient (Wildman–Crippen LogP) is 4.40. The number of aromatic nitrogens is 1. The van der Waals surface area contributed by atoms with Crippen LogP contribution in [0.5, 0.6) is 0 Å². The van der Waals surface area contributed by atoms with E-state index in [4.69, 9.17) is 0 Å². The average Bonchev–Trinajstić information content (AvgIpc) is 2.33. The van der Waals surface area contributed by atoms with Crippen molar-refractivity contribution >= 4 is 0 Å². The molecule has 0 saturated carbocycles. The predicted molar refractivity (Wildman–Crippen MR) is 86.0 cm³/mol. The first-order valence-corrected chi connectivity index (χ1v) is 7.28. The van der Waals surface area contributed by atoms with Crippen molar-refractivity contribution in [3.63, 3.8) is 0 Å². The molecule has 0 N–H and O–H groups in total. The monoisotopic (exact) mass is 268 g/mol. The Bertz CT molecular complexity index is 646. The third kappa shape index (κ3) is 2.77. The summed E-state index contributed by atoms with van der Waals surface area (Å²) >= 11 is 0. The fourth-order valence-corrected chi connectivity index (χ4v) is 2.51. The molecular weight excluding hydrogens is 242 g/mol. The maximum absolute atomic E-state index is 2.35. The normalized spacial score (nSPS) is 11.8. The number of benzene rings is 1. The summed E-state index contributed by atoms with van der Waals surface area (Å²) in [4.78, 5) is 0. The number of aryl methyl sites for hydroxylation is 4. The van der Waals surface area contributed by atoms with Crippen molar-refractivity contribution in [2.45, 2.75) is 47.0 Å². The summed E-state index contributed by atoms with van der Waals surface area (Å²) in [5, 5.41) is 0. The molecule has 1 aromatic heterocycles. The molecule has 1 heteroatoms. The molecule has 0 fully saturated rings. The van der Waals surface area contributed by atoms with Crippen molar-refractivity contribution in [1.82, 2.24) is 0 Å². The Morgan fingerprint density at radius 2 is 1.50 bits per heavy atom. The highest BCUT2D eigenvalue weighted by Crippen LogP contribution is 2.29.